The topological polar surface area (TPSA) is 134 Å². The largest absolute Gasteiger partial charge is 0.480 e. The maximum Gasteiger partial charge on any atom is 0.326 e. The Morgan fingerprint density at radius 3 is 2.21 bits per heavy atom. The number of amides is 3. The third kappa shape index (κ3) is 11.3. The van der Waals surface area contributed by atoms with Gasteiger partial charge >= 0.3 is 12.0 Å². The summed E-state index contributed by atoms with van der Waals surface area (Å²) in [5, 5.41) is 17.2. The summed E-state index contributed by atoms with van der Waals surface area (Å²) >= 11 is 0. The third-order valence-corrected chi connectivity index (χ3v) is 4.14. The van der Waals surface area contributed by atoms with Gasteiger partial charge < -0.3 is 26.8 Å². The lowest BCUT2D eigenvalue weighted by Gasteiger charge is -2.21. The number of halogens is 1. The SMILES string of the molecule is CC(C)CNC(=O)[C@@H](Cc1ccccc1)NC(=O)N[C@@H](CCCCN)C(=O)O.Cl. The molecule has 29 heavy (non-hydrogen) atoms. The molecular weight excluding hydrogens is 396 g/mol. The molecule has 0 radical (unpaired) electrons. The fourth-order valence-corrected chi connectivity index (χ4v) is 2.60. The monoisotopic (exact) mass is 428 g/mol. The molecule has 8 nitrogen and oxygen atoms in total. The van der Waals surface area contributed by atoms with Crippen LogP contribution in [0.15, 0.2) is 30.3 Å². The van der Waals surface area contributed by atoms with Crippen LogP contribution < -0.4 is 21.7 Å². The molecule has 1 aromatic carbocycles. The van der Waals surface area contributed by atoms with Gasteiger partial charge in [-0.25, -0.2) is 9.59 Å². The van der Waals surface area contributed by atoms with E-state index in [2.05, 4.69) is 16.0 Å². The zero-order valence-electron chi connectivity index (χ0n) is 17.0. The van der Waals surface area contributed by atoms with Gasteiger partial charge in [-0.1, -0.05) is 44.2 Å². The Bertz CT molecular complexity index is 628. The van der Waals surface area contributed by atoms with Crippen LogP contribution in [0.5, 0.6) is 0 Å². The zero-order chi connectivity index (χ0) is 20.9. The Balaban J connectivity index is 0.00000784. The summed E-state index contributed by atoms with van der Waals surface area (Å²) < 4.78 is 0. The van der Waals surface area contributed by atoms with E-state index in [0.717, 1.165) is 5.56 Å². The third-order valence-electron chi connectivity index (χ3n) is 4.14. The highest BCUT2D eigenvalue weighted by Gasteiger charge is 2.24. The van der Waals surface area contributed by atoms with Crippen molar-refractivity contribution >= 4 is 30.3 Å². The fourth-order valence-electron chi connectivity index (χ4n) is 2.60. The minimum atomic E-state index is -1.11. The maximum absolute atomic E-state index is 12.5. The molecule has 0 saturated heterocycles. The number of unbranched alkanes of at least 4 members (excludes halogenated alkanes) is 1. The van der Waals surface area contributed by atoms with Gasteiger partial charge in [0.05, 0.1) is 0 Å². The van der Waals surface area contributed by atoms with Crippen LogP contribution in [0.3, 0.4) is 0 Å². The molecule has 0 aliphatic heterocycles. The summed E-state index contributed by atoms with van der Waals surface area (Å²) in [4.78, 5) is 36.2. The Hall–Kier alpha value is -2.32. The second kappa shape index (κ2) is 14.6. The number of hydrogen-bond donors (Lipinski definition) is 5. The van der Waals surface area contributed by atoms with Crippen LogP contribution in [0.2, 0.25) is 0 Å². The van der Waals surface area contributed by atoms with Gasteiger partial charge in [0, 0.05) is 13.0 Å². The molecule has 0 heterocycles. The quantitative estimate of drug-likeness (QED) is 0.323. The van der Waals surface area contributed by atoms with Crippen molar-refractivity contribution in [3.05, 3.63) is 35.9 Å². The van der Waals surface area contributed by atoms with Crippen molar-refractivity contribution in [2.75, 3.05) is 13.1 Å². The first-order chi connectivity index (χ1) is 13.3. The number of carboxylic acid groups (broad SMARTS) is 1. The zero-order valence-corrected chi connectivity index (χ0v) is 17.8. The molecule has 0 saturated carbocycles. The summed E-state index contributed by atoms with van der Waals surface area (Å²) in [6.45, 7) is 4.91. The molecule has 3 amide bonds. The number of urea groups is 1. The number of benzene rings is 1. The van der Waals surface area contributed by atoms with E-state index in [1.54, 1.807) is 0 Å². The van der Waals surface area contributed by atoms with E-state index >= 15 is 0 Å². The first-order valence-corrected chi connectivity index (χ1v) is 9.65. The van der Waals surface area contributed by atoms with E-state index in [0.29, 0.717) is 32.4 Å². The molecule has 0 unspecified atom stereocenters. The number of carbonyl (C=O) groups excluding carboxylic acids is 2. The van der Waals surface area contributed by atoms with Crippen molar-refractivity contribution in [2.24, 2.45) is 11.7 Å². The molecule has 0 bridgehead atoms. The minimum Gasteiger partial charge on any atom is -0.480 e. The summed E-state index contributed by atoms with van der Waals surface area (Å²) in [6, 6.07) is 6.82. The highest BCUT2D eigenvalue weighted by molar-refractivity contribution is 5.89. The van der Waals surface area contributed by atoms with Crippen molar-refractivity contribution < 1.29 is 19.5 Å². The van der Waals surface area contributed by atoms with Crippen molar-refractivity contribution in [3.8, 4) is 0 Å². The number of nitrogens with one attached hydrogen (secondary N) is 3. The Morgan fingerprint density at radius 2 is 1.66 bits per heavy atom. The number of carboxylic acids is 1. The van der Waals surface area contributed by atoms with E-state index in [1.807, 2.05) is 44.2 Å². The highest BCUT2D eigenvalue weighted by atomic mass is 35.5. The van der Waals surface area contributed by atoms with Gasteiger partial charge in [-0.15, -0.1) is 12.4 Å². The standard InChI is InChI=1S/C20H32N4O4.ClH/c1-14(2)13-22-18(25)17(12-15-8-4-3-5-9-15)24-20(28)23-16(19(26)27)10-6-7-11-21;/h3-5,8-9,14,16-17H,6-7,10-13,21H2,1-2H3,(H,22,25)(H,26,27)(H2,23,24,28);1H/t16-,17+;/m0./s1. The van der Waals surface area contributed by atoms with Crippen LogP contribution in [0.25, 0.3) is 0 Å². The molecule has 164 valence electrons. The molecule has 0 aliphatic carbocycles. The number of rotatable bonds is 12. The first kappa shape index (κ1) is 26.7. The molecule has 0 fully saturated rings. The highest BCUT2D eigenvalue weighted by Crippen LogP contribution is 2.05. The Labute approximate surface area is 178 Å². The number of aliphatic carboxylic acids is 1. The molecule has 0 aliphatic rings. The summed E-state index contributed by atoms with van der Waals surface area (Å²) in [6.07, 6.45) is 1.86. The minimum absolute atomic E-state index is 0. The summed E-state index contributed by atoms with van der Waals surface area (Å²) in [7, 11) is 0. The van der Waals surface area contributed by atoms with E-state index in [-0.39, 0.29) is 30.7 Å². The molecular formula is C20H33ClN4O4. The average Bonchev–Trinajstić information content (AvgIpc) is 2.65. The second-order valence-electron chi connectivity index (χ2n) is 7.17. The van der Waals surface area contributed by atoms with Crippen LogP contribution in [0.1, 0.15) is 38.7 Å². The molecule has 1 rings (SSSR count). The van der Waals surface area contributed by atoms with Gasteiger partial charge in [0.2, 0.25) is 5.91 Å². The van der Waals surface area contributed by atoms with E-state index in [9.17, 15) is 19.5 Å². The fraction of sp³-hybridized carbons (Fsp3) is 0.550. The number of nitrogens with two attached hydrogens (primary N) is 1. The van der Waals surface area contributed by atoms with Crippen LogP contribution in [-0.4, -0.2) is 48.2 Å². The van der Waals surface area contributed by atoms with Crippen LogP contribution in [0, 0.1) is 5.92 Å². The number of carbonyl (C=O) groups is 3. The van der Waals surface area contributed by atoms with Crippen molar-refractivity contribution in [2.45, 2.75) is 51.6 Å². The summed E-state index contributed by atoms with van der Waals surface area (Å²) in [5.41, 5.74) is 6.32. The van der Waals surface area contributed by atoms with E-state index in [4.69, 9.17) is 5.73 Å². The van der Waals surface area contributed by atoms with Crippen LogP contribution in [0.4, 0.5) is 4.79 Å². The molecule has 9 heteroatoms. The Morgan fingerprint density at radius 1 is 1.03 bits per heavy atom. The molecule has 1 aromatic rings. The second-order valence-corrected chi connectivity index (χ2v) is 7.17. The first-order valence-electron chi connectivity index (χ1n) is 9.65. The summed E-state index contributed by atoms with van der Waals surface area (Å²) in [5.74, 6) is -1.15. The Kier molecular flexibility index (Phi) is 13.5. The lowest BCUT2D eigenvalue weighted by molar-refractivity contribution is -0.139. The van der Waals surface area contributed by atoms with Gasteiger partial charge in [-0.3, -0.25) is 4.79 Å². The number of hydrogen-bond acceptors (Lipinski definition) is 4. The lowest BCUT2D eigenvalue weighted by atomic mass is 10.0. The average molecular weight is 429 g/mol. The molecule has 6 N–H and O–H groups in total. The normalized spacial score (nSPS) is 12.4. The predicted octanol–water partition coefficient (Wildman–Crippen LogP) is 1.67. The van der Waals surface area contributed by atoms with Crippen molar-refractivity contribution in [1.82, 2.24) is 16.0 Å². The maximum atomic E-state index is 12.5. The van der Waals surface area contributed by atoms with Gasteiger partial charge in [0.25, 0.3) is 0 Å². The van der Waals surface area contributed by atoms with Gasteiger partial charge in [-0.05, 0) is 37.3 Å². The van der Waals surface area contributed by atoms with Crippen molar-refractivity contribution in [3.63, 3.8) is 0 Å². The van der Waals surface area contributed by atoms with Gasteiger partial charge in [-0.2, -0.15) is 0 Å². The predicted molar refractivity (Wildman–Crippen MR) is 115 cm³/mol. The lowest BCUT2D eigenvalue weighted by Crippen LogP contribution is -2.54. The van der Waals surface area contributed by atoms with Crippen LogP contribution in [-0.2, 0) is 16.0 Å². The van der Waals surface area contributed by atoms with E-state index < -0.39 is 24.1 Å². The van der Waals surface area contributed by atoms with Crippen LogP contribution >= 0.6 is 12.4 Å². The smallest absolute Gasteiger partial charge is 0.326 e. The van der Waals surface area contributed by atoms with Gasteiger partial charge in [0.15, 0.2) is 0 Å². The van der Waals surface area contributed by atoms with Gasteiger partial charge in [0.1, 0.15) is 12.1 Å². The molecule has 0 spiro atoms. The van der Waals surface area contributed by atoms with E-state index in [1.165, 1.54) is 0 Å². The molecule has 2 atom stereocenters. The van der Waals surface area contributed by atoms with Crippen molar-refractivity contribution in [1.29, 1.82) is 0 Å². The molecule has 0 aromatic heterocycles.